The van der Waals surface area contributed by atoms with Gasteiger partial charge in [0.25, 0.3) is 0 Å². The molecule has 2 N–H and O–H groups in total. The lowest BCUT2D eigenvalue weighted by Gasteiger charge is -2.73. The van der Waals surface area contributed by atoms with E-state index in [0.29, 0.717) is 30.7 Å². The van der Waals surface area contributed by atoms with Crippen LogP contribution < -0.4 is 5.32 Å². The van der Waals surface area contributed by atoms with Crippen LogP contribution in [-0.2, 0) is 21.4 Å². The first-order valence-corrected chi connectivity index (χ1v) is 15.0. The number of ketones is 1. The van der Waals surface area contributed by atoms with Crippen molar-refractivity contribution in [3.8, 4) is 5.75 Å². The second-order valence-electron chi connectivity index (χ2n) is 11.9. The Morgan fingerprint density at radius 3 is 2.44 bits per heavy atom. The summed E-state index contributed by atoms with van der Waals surface area (Å²) in [5.41, 5.74) is -1.78. The van der Waals surface area contributed by atoms with Crippen LogP contribution in [0.15, 0.2) is 52.4 Å². The van der Waals surface area contributed by atoms with Crippen molar-refractivity contribution in [1.82, 2.24) is 9.62 Å². The summed E-state index contributed by atoms with van der Waals surface area (Å²) in [4.78, 5) is 17.2. The van der Waals surface area contributed by atoms with Gasteiger partial charge in [0, 0.05) is 30.3 Å². The Morgan fingerprint density at radius 1 is 1.17 bits per heavy atom. The molecular formula is C28H30ClF4N3O4S. The average Bonchev–Trinajstić information content (AvgIpc) is 3.13. The van der Waals surface area contributed by atoms with E-state index in [9.17, 15) is 35.9 Å². The fourth-order valence-corrected chi connectivity index (χ4v) is 8.36. The maximum atomic E-state index is 14.2. The lowest BCUT2D eigenvalue weighted by Crippen LogP contribution is -2.78. The quantitative estimate of drug-likeness (QED) is 0.332. The van der Waals surface area contributed by atoms with Gasteiger partial charge in [0.05, 0.1) is 10.6 Å². The zero-order chi connectivity index (χ0) is 30.0. The van der Waals surface area contributed by atoms with Crippen LogP contribution in [0, 0.1) is 11.2 Å². The molecule has 3 saturated carbocycles. The van der Waals surface area contributed by atoms with Crippen LogP contribution in [-0.4, -0.2) is 52.7 Å². The zero-order valence-electron chi connectivity index (χ0n) is 22.4. The molecule has 222 valence electrons. The second kappa shape index (κ2) is 9.95. The topological polar surface area (TPSA) is 99.1 Å². The van der Waals surface area contributed by atoms with Crippen molar-refractivity contribution in [2.75, 3.05) is 0 Å². The molecule has 0 radical (unpaired) electrons. The van der Waals surface area contributed by atoms with Crippen molar-refractivity contribution in [2.45, 2.75) is 87.1 Å². The highest BCUT2D eigenvalue weighted by Gasteiger charge is 2.75. The number of para-hydroxylation sites is 1. The number of hydrogen-bond acceptors (Lipinski definition) is 6. The third kappa shape index (κ3) is 5.34. The molecule has 0 spiro atoms. The number of alkyl halides is 3. The Morgan fingerprint density at radius 2 is 1.83 bits per heavy atom. The molecule has 1 atom stereocenters. The number of phenolic OH excluding ortho intramolecular Hbond substituents is 1. The van der Waals surface area contributed by atoms with E-state index in [1.165, 1.54) is 40.7 Å². The molecule has 2 bridgehead atoms. The van der Waals surface area contributed by atoms with Gasteiger partial charge in [-0.15, -0.1) is 0 Å². The highest BCUT2D eigenvalue weighted by molar-refractivity contribution is 7.89. The standard InChI is InChI=1S/C28H30ClF4N3O4S/c1-25(2)23(21(38)7-5-11-28(31,32)33)34-24(35-25)26-14-27(15-26,16-26)36(13-17-9-10-18(29)19(30)12-17)41(39,40)22-8-4-3-6-20(22)37/h3-4,6,8-10,12,23,37H,5,7,11,13-16H2,1-2H3,(H,34,35)/t23-,26?,27?/m0/s1. The number of aromatic hydroxyl groups is 1. The normalized spacial score (nSPS) is 26.6. The van der Waals surface area contributed by atoms with Crippen molar-refractivity contribution in [2.24, 2.45) is 10.4 Å². The van der Waals surface area contributed by atoms with Crippen LogP contribution in [0.5, 0.6) is 5.75 Å². The number of carbonyl (C=O) groups excluding carboxylic acids is 1. The maximum absolute atomic E-state index is 14.2. The monoisotopic (exact) mass is 615 g/mol. The van der Waals surface area contributed by atoms with E-state index in [1.54, 1.807) is 19.9 Å². The molecule has 0 saturated heterocycles. The number of rotatable bonds is 10. The first kappa shape index (κ1) is 29.8. The van der Waals surface area contributed by atoms with E-state index in [2.05, 4.69) is 10.3 Å². The summed E-state index contributed by atoms with van der Waals surface area (Å²) in [6.07, 6.45) is -4.80. The van der Waals surface area contributed by atoms with Gasteiger partial charge in [-0.1, -0.05) is 29.8 Å². The molecule has 3 aliphatic carbocycles. The SMILES string of the molecule is CC1(C)NC(C23CC(N(Cc4ccc(Cl)c(F)c4)S(=O)(=O)c4ccccc4O)(C2)C3)=N[C@H]1C(=O)CCCC(F)(F)F. The van der Waals surface area contributed by atoms with Crippen molar-refractivity contribution >= 4 is 33.2 Å². The van der Waals surface area contributed by atoms with Gasteiger partial charge in [-0.3, -0.25) is 9.79 Å². The van der Waals surface area contributed by atoms with Gasteiger partial charge in [0.15, 0.2) is 5.78 Å². The first-order valence-electron chi connectivity index (χ1n) is 13.2. The van der Waals surface area contributed by atoms with E-state index >= 15 is 0 Å². The molecule has 0 aromatic heterocycles. The van der Waals surface area contributed by atoms with E-state index in [4.69, 9.17) is 11.6 Å². The van der Waals surface area contributed by atoms with Crippen molar-refractivity contribution in [3.05, 3.63) is 58.9 Å². The van der Waals surface area contributed by atoms with Gasteiger partial charge < -0.3 is 10.4 Å². The minimum absolute atomic E-state index is 0.0937. The number of nitrogens with one attached hydrogen (secondary N) is 1. The molecule has 2 aromatic carbocycles. The molecule has 6 rings (SSSR count). The predicted molar refractivity (Wildman–Crippen MR) is 145 cm³/mol. The zero-order valence-corrected chi connectivity index (χ0v) is 24.0. The van der Waals surface area contributed by atoms with E-state index < -0.39 is 56.7 Å². The number of halogens is 5. The number of aliphatic imine (C=N–C) groups is 1. The lowest BCUT2D eigenvalue weighted by atomic mass is 9.38. The molecule has 1 heterocycles. The van der Waals surface area contributed by atoms with Crippen molar-refractivity contribution < 1.29 is 35.9 Å². The van der Waals surface area contributed by atoms with Crippen LogP contribution in [0.3, 0.4) is 0 Å². The number of carbonyl (C=O) groups is 1. The number of Topliss-reactive ketones (excluding diaryl/α,β-unsaturated/α-hetero) is 1. The Balaban J connectivity index is 1.38. The predicted octanol–water partition coefficient (Wildman–Crippen LogP) is 5.75. The molecule has 1 aliphatic heterocycles. The van der Waals surface area contributed by atoms with Crippen LogP contribution in [0.4, 0.5) is 17.6 Å². The third-order valence-corrected chi connectivity index (χ3v) is 10.7. The fourth-order valence-electron chi connectivity index (χ4n) is 6.40. The van der Waals surface area contributed by atoms with Crippen molar-refractivity contribution in [3.63, 3.8) is 0 Å². The number of benzene rings is 2. The third-order valence-electron chi connectivity index (χ3n) is 8.35. The Hall–Kier alpha value is -2.70. The Labute approximate surface area is 240 Å². The first-order chi connectivity index (χ1) is 19.0. The molecule has 13 heteroatoms. The number of amidine groups is 1. The van der Waals surface area contributed by atoms with Crippen LogP contribution >= 0.6 is 11.6 Å². The van der Waals surface area contributed by atoms with E-state index in [0.717, 1.165) is 0 Å². The summed E-state index contributed by atoms with van der Waals surface area (Å²) in [7, 11) is -4.23. The summed E-state index contributed by atoms with van der Waals surface area (Å²) < 4.78 is 81.0. The summed E-state index contributed by atoms with van der Waals surface area (Å²) in [5.74, 6) is -0.917. The lowest BCUT2D eigenvalue weighted by molar-refractivity contribution is -0.151. The molecular weight excluding hydrogens is 586 g/mol. The summed E-state index contributed by atoms with van der Waals surface area (Å²) >= 11 is 5.82. The number of phenols is 1. The number of nitrogens with zero attached hydrogens (tertiary/aromatic N) is 2. The van der Waals surface area contributed by atoms with Crippen LogP contribution in [0.2, 0.25) is 5.02 Å². The van der Waals surface area contributed by atoms with Gasteiger partial charge >= 0.3 is 6.18 Å². The van der Waals surface area contributed by atoms with E-state index in [-0.39, 0.29) is 35.1 Å². The van der Waals surface area contributed by atoms with Gasteiger partial charge in [0.1, 0.15) is 28.3 Å². The fraction of sp³-hybridized carbons (Fsp3) is 0.500. The molecule has 41 heavy (non-hydrogen) atoms. The summed E-state index contributed by atoms with van der Waals surface area (Å²) in [6.45, 7) is 3.37. The van der Waals surface area contributed by atoms with Gasteiger partial charge in [0.2, 0.25) is 10.0 Å². The minimum atomic E-state index is -4.33. The van der Waals surface area contributed by atoms with Gasteiger partial charge in [-0.05, 0) is 69.4 Å². The largest absolute Gasteiger partial charge is 0.507 e. The number of sulfonamides is 1. The van der Waals surface area contributed by atoms with Crippen LogP contribution in [0.25, 0.3) is 0 Å². The molecule has 0 amide bonds. The Kier molecular flexibility index (Phi) is 7.22. The highest BCUT2D eigenvalue weighted by Crippen LogP contribution is 2.71. The smallest absolute Gasteiger partial charge is 0.389 e. The molecule has 0 unspecified atom stereocenters. The summed E-state index contributed by atoms with van der Waals surface area (Å²) in [6, 6.07) is 8.82. The maximum Gasteiger partial charge on any atom is 0.389 e. The number of hydrogen-bond donors (Lipinski definition) is 2. The van der Waals surface area contributed by atoms with Gasteiger partial charge in [-0.2, -0.15) is 17.5 Å². The van der Waals surface area contributed by atoms with E-state index in [1.807, 2.05) is 0 Å². The molecule has 2 aromatic rings. The Bertz CT molecular complexity index is 1510. The van der Waals surface area contributed by atoms with Crippen molar-refractivity contribution in [1.29, 1.82) is 0 Å². The van der Waals surface area contributed by atoms with Gasteiger partial charge in [-0.25, -0.2) is 12.8 Å². The summed E-state index contributed by atoms with van der Waals surface area (Å²) in [5, 5.41) is 13.6. The minimum Gasteiger partial charge on any atom is -0.507 e. The molecule has 7 nitrogen and oxygen atoms in total. The van der Waals surface area contributed by atoms with Crippen LogP contribution in [0.1, 0.15) is 57.9 Å². The molecule has 3 fully saturated rings. The highest BCUT2D eigenvalue weighted by atomic mass is 35.5. The second-order valence-corrected chi connectivity index (χ2v) is 14.2. The average molecular weight is 616 g/mol. The molecule has 4 aliphatic rings.